The van der Waals surface area contributed by atoms with Crippen LogP contribution in [0.15, 0.2) is 23.8 Å². The van der Waals surface area contributed by atoms with E-state index in [0.29, 0.717) is 23.8 Å². The van der Waals surface area contributed by atoms with Crippen LogP contribution in [0.5, 0.6) is 0 Å². The zero-order valence-electron chi connectivity index (χ0n) is 10.9. The number of aliphatic hydroxyl groups is 1. The number of hydrogen-bond acceptors (Lipinski definition) is 2. The fourth-order valence-electron chi connectivity index (χ4n) is 3.65. The lowest BCUT2D eigenvalue weighted by Gasteiger charge is -2.44. The molecule has 2 aliphatic carbocycles. The molecular weight excluding hydrogens is 228 g/mol. The Morgan fingerprint density at radius 1 is 1.44 bits per heavy atom. The SMILES string of the molecule is C=C(CO)[C@H]1CC[C@@H](C)[C@H]2CCC(C(=O)O)=C[C@@H]21. The Hall–Kier alpha value is -1.09. The highest BCUT2D eigenvalue weighted by molar-refractivity contribution is 5.86. The van der Waals surface area contributed by atoms with E-state index in [-0.39, 0.29) is 18.4 Å². The molecule has 1 fully saturated rings. The maximum atomic E-state index is 11.1. The summed E-state index contributed by atoms with van der Waals surface area (Å²) in [6.07, 6.45) is 5.75. The molecule has 2 rings (SSSR count). The molecule has 0 radical (unpaired) electrons. The second-order valence-corrected chi connectivity index (χ2v) is 5.75. The molecule has 18 heavy (non-hydrogen) atoms. The molecular formula is C15H22O3. The highest BCUT2D eigenvalue weighted by Crippen LogP contribution is 2.47. The van der Waals surface area contributed by atoms with E-state index < -0.39 is 5.97 Å². The van der Waals surface area contributed by atoms with Crippen LogP contribution in [-0.4, -0.2) is 22.8 Å². The molecule has 0 aliphatic heterocycles. The molecule has 3 heteroatoms. The third-order valence-corrected chi connectivity index (χ3v) is 4.77. The molecule has 0 aromatic heterocycles. The normalized spacial score (nSPS) is 35.6. The van der Waals surface area contributed by atoms with Gasteiger partial charge in [-0.25, -0.2) is 4.79 Å². The molecule has 0 spiro atoms. The monoisotopic (exact) mass is 250 g/mol. The quantitative estimate of drug-likeness (QED) is 0.757. The summed E-state index contributed by atoms with van der Waals surface area (Å²) >= 11 is 0. The van der Waals surface area contributed by atoms with Crippen molar-refractivity contribution in [2.75, 3.05) is 6.61 Å². The molecule has 0 heterocycles. The fourth-order valence-corrected chi connectivity index (χ4v) is 3.65. The predicted octanol–water partition coefficient (Wildman–Crippen LogP) is 2.62. The number of carboxylic acid groups (broad SMARTS) is 1. The van der Waals surface area contributed by atoms with Gasteiger partial charge in [0.15, 0.2) is 0 Å². The van der Waals surface area contributed by atoms with E-state index in [2.05, 4.69) is 13.5 Å². The van der Waals surface area contributed by atoms with Crippen molar-refractivity contribution in [2.24, 2.45) is 23.7 Å². The van der Waals surface area contributed by atoms with Crippen molar-refractivity contribution in [3.8, 4) is 0 Å². The van der Waals surface area contributed by atoms with Crippen molar-refractivity contribution in [2.45, 2.75) is 32.6 Å². The molecule has 0 saturated heterocycles. The number of hydrogen-bond donors (Lipinski definition) is 2. The van der Waals surface area contributed by atoms with Crippen LogP contribution in [-0.2, 0) is 4.79 Å². The fraction of sp³-hybridized carbons (Fsp3) is 0.667. The van der Waals surface area contributed by atoms with Crippen molar-refractivity contribution in [3.05, 3.63) is 23.8 Å². The summed E-state index contributed by atoms with van der Waals surface area (Å²) in [6.45, 7) is 6.23. The van der Waals surface area contributed by atoms with Gasteiger partial charge in [0.1, 0.15) is 0 Å². The highest BCUT2D eigenvalue weighted by atomic mass is 16.4. The summed E-state index contributed by atoms with van der Waals surface area (Å²) in [6, 6.07) is 0. The Morgan fingerprint density at radius 2 is 2.17 bits per heavy atom. The highest BCUT2D eigenvalue weighted by Gasteiger charge is 2.39. The first-order valence-corrected chi connectivity index (χ1v) is 6.77. The Balaban J connectivity index is 2.27. The van der Waals surface area contributed by atoms with Gasteiger partial charge in [-0.15, -0.1) is 0 Å². The number of carbonyl (C=O) groups is 1. The molecule has 0 bridgehead atoms. The maximum Gasteiger partial charge on any atom is 0.331 e. The van der Waals surface area contributed by atoms with Crippen molar-refractivity contribution >= 4 is 5.97 Å². The van der Waals surface area contributed by atoms with Crippen molar-refractivity contribution in [3.63, 3.8) is 0 Å². The Kier molecular flexibility index (Phi) is 3.91. The average Bonchev–Trinajstić information content (AvgIpc) is 2.38. The summed E-state index contributed by atoms with van der Waals surface area (Å²) in [5.41, 5.74) is 1.40. The Morgan fingerprint density at radius 3 is 2.78 bits per heavy atom. The predicted molar refractivity (Wildman–Crippen MR) is 70.0 cm³/mol. The van der Waals surface area contributed by atoms with Gasteiger partial charge in [-0.1, -0.05) is 19.6 Å². The lowest BCUT2D eigenvalue weighted by Crippen LogP contribution is -2.36. The summed E-state index contributed by atoms with van der Waals surface area (Å²) in [7, 11) is 0. The number of carboxylic acids is 1. The summed E-state index contributed by atoms with van der Waals surface area (Å²) in [4.78, 5) is 11.1. The van der Waals surface area contributed by atoms with Crippen LogP contribution in [0.1, 0.15) is 32.6 Å². The van der Waals surface area contributed by atoms with E-state index in [0.717, 1.165) is 24.8 Å². The average molecular weight is 250 g/mol. The molecule has 0 amide bonds. The minimum Gasteiger partial charge on any atom is -0.478 e. The van der Waals surface area contributed by atoms with Gasteiger partial charge in [0.2, 0.25) is 0 Å². The van der Waals surface area contributed by atoms with Gasteiger partial charge in [0.25, 0.3) is 0 Å². The largest absolute Gasteiger partial charge is 0.478 e. The molecule has 0 unspecified atom stereocenters. The third-order valence-electron chi connectivity index (χ3n) is 4.77. The zero-order chi connectivity index (χ0) is 13.3. The Labute approximate surface area is 108 Å². The van der Waals surface area contributed by atoms with E-state index in [1.165, 1.54) is 0 Å². The van der Waals surface area contributed by atoms with Crippen LogP contribution < -0.4 is 0 Å². The van der Waals surface area contributed by atoms with Gasteiger partial charge in [-0.05, 0) is 54.9 Å². The van der Waals surface area contributed by atoms with Crippen molar-refractivity contribution < 1.29 is 15.0 Å². The van der Waals surface area contributed by atoms with Gasteiger partial charge >= 0.3 is 5.97 Å². The van der Waals surface area contributed by atoms with Gasteiger partial charge in [0, 0.05) is 5.57 Å². The van der Waals surface area contributed by atoms with Crippen LogP contribution in [0.4, 0.5) is 0 Å². The first-order valence-electron chi connectivity index (χ1n) is 6.77. The number of fused-ring (bicyclic) bond motifs is 1. The lowest BCUT2D eigenvalue weighted by atomic mass is 9.61. The third kappa shape index (κ3) is 2.37. The molecule has 3 nitrogen and oxygen atoms in total. The minimum atomic E-state index is -0.792. The number of rotatable bonds is 3. The Bertz CT molecular complexity index is 383. The van der Waals surface area contributed by atoms with Crippen molar-refractivity contribution in [1.82, 2.24) is 0 Å². The number of allylic oxidation sites excluding steroid dienone is 1. The molecule has 2 aliphatic rings. The van der Waals surface area contributed by atoms with Gasteiger partial charge < -0.3 is 10.2 Å². The standard InChI is InChI=1S/C15H22O3/c1-9-3-5-13(10(2)8-16)14-7-11(15(17)18)4-6-12(9)14/h7,9,12-14,16H,2-6,8H2,1H3,(H,17,18)/t9-,12-,13-,14+/m1/s1. The minimum absolute atomic E-state index is 0.0124. The van der Waals surface area contributed by atoms with E-state index in [1.807, 2.05) is 6.08 Å². The first-order chi connectivity index (χ1) is 8.54. The second kappa shape index (κ2) is 5.27. The van der Waals surface area contributed by atoms with Gasteiger partial charge in [0.05, 0.1) is 6.61 Å². The summed E-state index contributed by atoms with van der Waals surface area (Å²) in [5, 5.41) is 18.4. The zero-order valence-corrected chi connectivity index (χ0v) is 10.9. The van der Waals surface area contributed by atoms with Gasteiger partial charge in [-0.2, -0.15) is 0 Å². The molecule has 4 atom stereocenters. The van der Waals surface area contributed by atoms with E-state index in [9.17, 15) is 9.90 Å². The number of aliphatic hydroxyl groups excluding tert-OH is 1. The molecule has 2 N–H and O–H groups in total. The molecule has 0 aromatic carbocycles. The molecule has 100 valence electrons. The topological polar surface area (TPSA) is 57.5 Å². The van der Waals surface area contributed by atoms with E-state index in [4.69, 9.17) is 5.11 Å². The van der Waals surface area contributed by atoms with E-state index in [1.54, 1.807) is 0 Å². The summed E-state index contributed by atoms with van der Waals surface area (Å²) in [5.74, 6) is 0.915. The van der Waals surface area contributed by atoms with Crippen LogP contribution in [0.3, 0.4) is 0 Å². The molecule has 1 saturated carbocycles. The van der Waals surface area contributed by atoms with Crippen LogP contribution >= 0.6 is 0 Å². The van der Waals surface area contributed by atoms with Crippen LogP contribution in [0.25, 0.3) is 0 Å². The smallest absolute Gasteiger partial charge is 0.331 e. The van der Waals surface area contributed by atoms with Gasteiger partial charge in [-0.3, -0.25) is 0 Å². The summed E-state index contributed by atoms with van der Waals surface area (Å²) < 4.78 is 0. The van der Waals surface area contributed by atoms with Crippen molar-refractivity contribution in [1.29, 1.82) is 0 Å². The lowest BCUT2D eigenvalue weighted by molar-refractivity contribution is -0.133. The second-order valence-electron chi connectivity index (χ2n) is 5.75. The first kappa shape index (κ1) is 13.3. The number of aliphatic carboxylic acids is 1. The maximum absolute atomic E-state index is 11.1. The van der Waals surface area contributed by atoms with Crippen LogP contribution in [0, 0.1) is 23.7 Å². The molecule has 0 aromatic rings. The van der Waals surface area contributed by atoms with E-state index >= 15 is 0 Å². The van der Waals surface area contributed by atoms with Crippen LogP contribution in [0.2, 0.25) is 0 Å².